The number of aryl methyl sites for hydroxylation is 1. The molecule has 3 rings (SSSR count). The van der Waals surface area contributed by atoms with Gasteiger partial charge in [0.2, 0.25) is 0 Å². The van der Waals surface area contributed by atoms with Crippen LogP contribution in [0.5, 0.6) is 11.5 Å². The van der Waals surface area contributed by atoms with Crippen molar-refractivity contribution in [2.24, 2.45) is 11.8 Å². The summed E-state index contributed by atoms with van der Waals surface area (Å²) in [5, 5.41) is 0. The summed E-state index contributed by atoms with van der Waals surface area (Å²) in [4.78, 5) is 14.0. The van der Waals surface area contributed by atoms with Gasteiger partial charge in [-0.2, -0.15) is 0 Å². The Labute approximate surface area is 167 Å². The number of Topliss-reactive ketones (excluding diaryl/α,β-unsaturated/α-hetero) is 1. The molecular formula is C20H29NO3. The predicted octanol–water partition coefficient (Wildman–Crippen LogP) is 3.63. The van der Waals surface area contributed by atoms with Crippen molar-refractivity contribution in [1.29, 1.82) is 0 Å². The molecule has 0 bridgehead atoms. The first-order valence-corrected chi connectivity index (χ1v) is 7.34. The molecule has 0 aliphatic carbocycles. The van der Waals surface area contributed by atoms with Crippen molar-refractivity contribution in [3.8, 4) is 11.5 Å². The fourth-order valence-electron chi connectivity index (χ4n) is 2.77. The van der Waals surface area contributed by atoms with E-state index in [4.69, 9.17) is 30.0 Å². The van der Waals surface area contributed by atoms with Gasteiger partial charge in [-0.1, -0.05) is 20.1 Å². The standard InChI is InChI=1S/C20H29NO3/c1-5-13(2)8-15-12-21-7-6-14-9-19(23-3)20(24-4)10-16(14)17(21)11-18(15)22/h9-10,13,15,17H,5-8,11-12H2,1-4H3/i2D3,4D3,5D2,6D2,7D2,8D2,13D,17D. The summed E-state index contributed by atoms with van der Waals surface area (Å²) in [7, 11) is -1.88. The number of fused-ring (bicyclic) bond motifs is 3. The Balaban J connectivity index is 2.28. The zero-order valence-electron chi connectivity index (χ0n) is 29.3. The van der Waals surface area contributed by atoms with Crippen LogP contribution in [0.3, 0.4) is 0 Å². The van der Waals surface area contributed by atoms with Crippen LogP contribution < -0.4 is 9.47 Å². The molecule has 0 N–H and O–H groups in total. The number of piperidine rings is 1. The highest BCUT2D eigenvalue weighted by Gasteiger charge is 2.38. The summed E-state index contributed by atoms with van der Waals surface area (Å²) in [6.07, 6.45) is -10.5. The summed E-state index contributed by atoms with van der Waals surface area (Å²) >= 11 is 0. The number of hydrogen-bond donors (Lipinski definition) is 0. The third kappa shape index (κ3) is 3.16. The first-order valence-electron chi connectivity index (χ1n) is 15.3. The summed E-state index contributed by atoms with van der Waals surface area (Å²) in [6, 6.07) is -0.548. The van der Waals surface area contributed by atoms with Crippen molar-refractivity contribution in [3.63, 3.8) is 0 Å². The maximum absolute atomic E-state index is 13.5. The third-order valence-corrected chi connectivity index (χ3v) is 4.04. The van der Waals surface area contributed by atoms with Crippen molar-refractivity contribution in [2.75, 3.05) is 27.2 Å². The molecule has 1 fully saturated rings. The van der Waals surface area contributed by atoms with Gasteiger partial charge in [-0.25, -0.2) is 0 Å². The Morgan fingerprint density at radius 1 is 1.54 bits per heavy atom. The molecule has 2 aliphatic heterocycles. The summed E-state index contributed by atoms with van der Waals surface area (Å²) < 4.78 is 141. The number of carbonyl (C=O) groups excluding carboxylic acids is 1. The second kappa shape index (κ2) is 7.14. The lowest BCUT2D eigenvalue weighted by Crippen LogP contribution is -2.46. The number of carbonyl (C=O) groups is 1. The number of ether oxygens (including phenoxy) is 2. The second-order valence-corrected chi connectivity index (χ2v) is 5.41. The normalized spacial score (nSPS) is 45.6. The Bertz CT molecular complexity index is 1170. The molecule has 4 nitrogen and oxygen atoms in total. The van der Waals surface area contributed by atoms with Crippen molar-refractivity contribution in [1.82, 2.24) is 4.90 Å². The fraction of sp³-hybridized carbons (Fsp3) is 0.650. The highest BCUT2D eigenvalue weighted by Crippen LogP contribution is 2.42. The Kier molecular flexibility index (Phi) is 1.88. The largest absolute Gasteiger partial charge is 0.493 e. The second-order valence-electron chi connectivity index (χ2n) is 5.41. The van der Waals surface area contributed by atoms with Crippen LogP contribution in [0.2, 0.25) is 0 Å². The molecule has 4 heteroatoms. The lowest BCUT2D eigenvalue weighted by atomic mass is 9.79. The van der Waals surface area contributed by atoms with Crippen LogP contribution in [0, 0.1) is 11.8 Å². The molecule has 3 atom stereocenters. The topological polar surface area (TPSA) is 38.8 Å². The van der Waals surface area contributed by atoms with E-state index in [-0.39, 0.29) is 11.3 Å². The number of hydrogen-bond acceptors (Lipinski definition) is 4. The van der Waals surface area contributed by atoms with Gasteiger partial charge in [0.05, 0.1) is 19.6 Å². The van der Waals surface area contributed by atoms with Crippen LogP contribution >= 0.6 is 0 Å². The molecule has 2 aliphatic rings. The van der Waals surface area contributed by atoms with Crippen LogP contribution in [0.25, 0.3) is 0 Å². The molecule has 0 saturated carbocycles. The quantitative estimate of drug-likeness (QED) is 0.815. The highest BCUT2D eigenvalue weighted by molar-refractivity contribution is 5.83. The average Bonchev–Trinajstić information content (AvgIpc) is 2.74. The molecule has 0 amide bonds. The van der Waals surface area contributed by atoms with Gasteiger partial charge in [-0.15, -0.1) is 0 Å². The lowest BCUT2D eigenvalue weighted by molar-refractivity contribution is -0.129. The molecule has 0 spiro atoms. The maximum atomic E-state index is 13.5. The number of rotatable bonds is 5. The van der Waals surface area contributed by atoms with E-state index in [0.29, 0.717) is 11.8 Å². The number of benzene rings is 1. The van der Waals surface area contributed by atoms with E-state index in [1.807, 2.05) is 0 Å². The van der Waals surface area contributed by atoms with E-state index in [0.717, 1.165) is 19.2 Å². The maximum Gasteiger partial charge on any atom is 0.161 e. The van der Waals surface area contributed by atoms with Gasteiger partial charge in [-0.3, -0.25) is 9.69 Å². The minimum absolute atomic E-state index is 0.287. The van der Waals surface area contributed by atoms with Gasteiger partial charge in [0.1, 0.15) is 5.78 Å². The molecule has 1 aromatic carbocycles. The number of ketones is 1. The van der Waals surface area contributed by atoms with E-state index in [1.165, 1.54) is 0 Å². The molecule has 3 unspecified atom stereocenters. The number of methoxy groups -OCH3 is 2. The van der Waals surface area contributed by atoms with Gasteiger partial charge in [0, 0.05) is 47.8 Å². The van der Waals surface area contributed by atoms with Crippen LogP contribution in [-0.4, -0.2) is 37.9 Å². The van der Waals surface area contributed by atoms with Crippen LogP contribution in [-0.2, 0) is 11.2 Å². The molecule has 1 aromatic rings. The minimum Gasteiger partial charge on any atom is -0.493 e. The van der Waals surface area contributed by atoms with Gasteiger partial charge >= 0.3 is 0 Å². The molecular weight excluding hydrogens is 302 g/mol. The molecule has 0 radical (unpaired) electrons. The van der Waals surface area contributed by atoms with Gasteiger partial charge < -0.3 is 9.47 Å². The number of nitrogens with zero attached hydrogens (tertiary/aromatic N) is 1. The van der Waals surface area contributed by atoms with E-state index < -0.39 is 87.4 Å². The van der Waals surface area contributed by atoms with Gasteiger partial charge in [0.25, 0.3) is 0 Å². The van der Waals surface area contributed by atoms with E-state index in [9.17, 15) is 6.17 Å². The summed E-state index contributed by atoms with van der Waals surface area (Å²) in [5.41, 5.74) is -0.811. The average molecular weight is 348 g/mol. The monoisotopic (exact) mass is 347 g/mol. The Morgan fingerprint density at radius 2 is 2.38 bits per heavy atom. The molecule has 2 heterocycles. The van der Waals surface area contributed by atoms with Crippen molar-refractivity contribution in [3.05, 3.63) is 23.3 Å². The Hall–Kier alpha value is -1.55. The molecule has 24 heavy (non-hydrogen) atoms. The first kappa shape index (κ1) is 6.31. The van der Waals surface area contributed by atoms with E-state index in [2.05, 4.69) is 0 Å². The zero-order valence-corrected chi connectivity index (χ0v) is 13.3. The SMILES string of the molecule is [2H]C([2H])([2H])Oc1cc2c(cc1OC)C([2H])([2H])C([2H])([2H])N1CC(C([2H])([2H])C([2H])(C([2H])([2H])[2H])C([2H])([2H])C)C(=O)CC21[2H]. The minimum atomic E-state index is -3.59. The first-order chi connectivity index (χ1) is 17.6. The summed E-state index contributed by atoms with van der Waals surface area (Å²) in [5.74, 6) is -7.54. The summed E-state index contributed by atoms with van der Waals surface area (Å²) in [6.45, 7) is -7.13. The van der Waals surface area contributed by atoms with E-state index in [1.54, 1.807) is 0 Å². The predicted molar refractivity (Wildman–Crippen MR) is 94.8 cm³/mol. The van der Waals surface area contributed by atoms with Crippen molar-refractivity contribution in [2.45, 2.75) is 45.3 Å². The van der Waals surface area contributed by atoms with Crippen LogP contribution in [0.4, 0.5) is 0 Å². The molecule has 132 valence electrons. The third-order valence-electron chi connectivity index (χ3n) is 4.04. The zero-order chi connectivity index (χ0) is 31.3. The Morgan fingerprint density at radius 3 is 3.08 bits per heavy atom. The fourth-order valence-corrected chi connectivity index (χ4v) is 2.77. The lowest BCUT2D eigenvalue weighted by Gasteiger charge is -2.43. The van der Waals surface area contributed by atoms with Crippen molar-refractivity contribution >= 4 is 5.78 Å². The molecule has 0 aromatic heterocycles. The van der Waals surface area contributed by atoms with Crippen molar-refractivity contribution < 1.29 is 36.2 Å². The molecule has 1 saturated heterocycles. The van der Waals surface area contributed by atoms with Crippen LogP contribution in [0.1, 0.15) is 72.0 Å². The van der Waals surface area contributed by atoms with Gasteiger partial charge in [0.15, 0.2) is 11.5 Å². The van der Waals surface area contributed by atoms with E-state index >= 15 is 0 Å². The smallest absolute Gasteiger partial charge is 0.161 e. The highest BCUT2D eigenvalue weighted by atomic mass is 16.5. The van der Waals surface area contributed by atoms with Crippen LogP contribution in [0.15, 0.2) is 12.1 Å². The van der Waals surface area contributed by atoms with Gasteiger partial charge in [-0.05, 0) is 41.9 Å².